The predicted molar refractivity (Wildman–Crippen MR) is 148 cm³/mol. The molecule has 39 heavy (non-hydrogen) atoms. The highest BCUT2D eigenvalue weighted by Crippen LogP contribution is 2.49. The van der Waals surface area contributed by atoms with Gasteiger partial charge in [-0.2, -0.15) is 5.10 Å². The molecule has 0 N–H and O–H groups in total. The summed E-state index contributed by atoms with van der Waals surface area (Å²) in [5, 5.41) is 4.57. The maximum Gasteiger partial charge on any atom is 0.325 e. The molecule has 5 rings (SSSR count). The van der Waals surface area contributed by atoms with Crippen LogP contribution in [0.25, 0.3) is 0 Å². The van der Waals surface area contributed by atoms with E-state index in [2.05, 4.69) is 5.10 Å². The average Bonchev–Trinajstić information content (AvgIpc) is 3.54. The second-order valence-corrected chi connectivity index (χ2v) is 10.8. The Morgan fingerprint density at radius 3 is 2.54 bits per heavy atom. The molecule has 0 radical (unpaired) electrons. The Balaban J connectivity index is 1.69. The highest BCUT2D eigenvalue weighted by molar-refractivity contribution is 5.99. The molecule has 2 aliphatic rings. The number of likely N-dealkylation sites (tertiary alicyclic amines) is 1. The zero-order valence-electron chi connectivity index (χ0n) is 23.4. The number of nitrogens with zero attached hydrogens (tertiary/aromatic N) is 5. The fourth-order valence-electron chi connectivity index (χ4n) is 6.39. The highest BCUT2D eigenvalue weighted by atomic mass is 19.1. The number of methoxy groups -OCH3 is 1. The van der Waals surface area contributed by atoms with Crippen LogP contribution in [0.3, 0.4) is 0 Å². The second-order valence-electron chi connectivity index (χ2n) is 10.8. The summed E-state index contributed by atoms with van der Waals surface area (Å²) in [6, 6.07) is 13.6. The number of aryl methyl sites for hydroxylation is 2. The number of amides is 3. The number of rotatable bonds is 6. The quantitative estimate of drug-likeness (QED) is 0.447. The number of hydrogen-bond donors (Lipinski definition) is 0. The van der Waals surface area contributed by atoms with Crippen molar-refractivity contribution in [1.82, 2.24) is 19.6 Å². The number of ether oxygens (including phenoxy) is 1. The zero-order valence-corrected chi connectivity index (χ0v) is 23.4. The summed E-state index contributed by atoms with van der Waals surface area (Å²) in [4.78, 5) is 33.5. The number of halogens is 1. The molecule has 8 nitrogen and oxygen atoms in total. The zero-order chi connectivity index (χ0) is 28.1. The lowest BCUT2D eigenvalue weighted by molar-refractivity contribution is 0.0781. The fourth-order valence-corrected chi connectivity index (χ4v) is 6.39. The number of carbonyl (C=O) groups is 2. The number of benzene rings is 2. The van der Waals surface area contributed by atoms with Crippen LogP contribution in [-0.4, -0.2) is 69.8 Å². The van der Waals surface area contributed by atoms with Gasteiger partial charge in [0.15, 0.2) is 0 Å². The molecule has 2 aromatic carbocycles. The van der Waals surface area contributed by atoms with Gasteiger partial charge in [0.05, 0.1) is 23.9 Å². The summed E-state index contributed by atoms with van der Waals surface area (Å²) in [6.07, 6.45) is 0. The van der Waals surface area contributed by atoms with Crippen molar-refractivity contribution in [2.75, 3.05) is 31.6 Å². The third-order valence-corrected chi connectivity index (χ3v) is 8.23. The SMILES string of the molecule is CCn1nc(C)c(C(=O)N2C[C@H](c3ccccc3OC)[C@@]3(C2)CN(C(C)C)C(=O)N3c2cccc(F)c2)c1C. The highest BCUT2D eigenvalue weighted by Gasteiger charge is 2.61. The molecular weight excluding hydrogens is 497 g/mol. The van der Waals surface area contributed by atoms with Crippen molar-refractivity contribution < 1.29 is 18.7 Å². The molecule has 3 heterocycles. The summed E-state index contributed by atoms with van der Waals surface area (Å²) in [5.74, 6) is -0.125. The molecule has 0 unspecified atom stereocenters. The first-order chi connectivity index (χ1) is 18.6. The minimum Gasteiger partial charge on any atom is -0.496 e. The van der Waals surface area contributed by atoms with E-state index in [1.54, 1.807) is 24.1 Å². The van der Waals surface area contributed by atoms with E-state index >= 15 is 0 Å². The maximum atomic E-state index is 14.5. The first-order valence-corrected chi connectivity index (χ1v) is 13.5. The van der Waals surface area contributed by atoms with E-state index in [0.29, 0.717) is 42.3 Å². The molecule has 3 aromatic rings. The monoisotopic (exact) mass is 533 g/mol. The minimum absolute atomic E-state index is 0.0803. The lowest BCUT2D eigenvalue weighted by Gasteiger charge is -2.38. The molecule has 1 aromatic heterocycles. The van der Waals surface area contributed by atoms with Crippen LogP contribution in [-0.2, 0) is 6.54 Å². The Hall–Kier alpha value is -3.88. The van der Waals surface area contributed by atoms with E-state index < -0.39 is 11.4 Å². The number of hydrogen-bond acceptors (Lipinski definition) is 4. The average molecular weight is 534 g/mol. The molecular formula is C30H36FN5O3. The molecule has 0 aliphatic carbocycles. The molecule has 1 spiro atoms. The Labute approximate surface area is 228 Å². The van der Waals surface area contributed by atoms with Gasteiger partial charge < -0.3 is 14.5 Å². The van der Waals surface area contributed by atoms with Crippen LogP contribution in [0.5, 0.6) is 5.75 Å². The molecule has 2 saturated heterocycles. The summed E-state index contributed by atoms with van der Waals surface area (Å²) >= 11 is 0. The molecule has 9 heteroatoms. The lowest BCUT2D eigenvalue weighted by Crippen LogP contribution is -2.53. The summed E-state index contributed by atoms with van der Waals surface area (Å²) < 4.78 is 22.1. The van der Waals surface area contributed by atoms with E-state index in [4.69, 9.17) is 4.74 Å². The van der Waals surface area contributed by atoms with Gasteiger partial charge in [0.25, 0.3) is 5.91 Å². The van der Waals surface area contributed by atoms with Crippen LogP contribution in [0, 0.1) is 19.7 Å². The third-order valence-electron chi connectivity index (χ3n) is 8.23. The van der Waals surface area contributed by atoms with Crippen molar-refractivity contribution in [3.05, 3.63) is 76.9 Å². The lowest BCUT2D eigenvalue weighted by atomic mass is 9.80. The van der Waals surface area contributed by atoms with Gasteiger partial charge in [-0.1, -0.05) is 24.3 Å². The molecule has 206 valence electrons. The third kappa shape index (κ3) is 4.24. The predicted octanol–water partition coefficient (Wildman–Crippen LogP) is 5.00. The van der Waals surface area contributed by atoms with Gasteiger partial charge in [-0.05, 0) is 58.9 Å². The van der Waals surface area contributed by atoms with Gasteiger partial charge in [-0.15, -0.1) is 0 Å². The van der Waals surface area contributed by atoms with Gasteiger partial charge in [0.1, 0.15) is 11.6 Å². The smallest absolute Gasteiger partial charge is 0.325 e. The van der Waals surface area contributed by atoms with Gasteiger partial charge in [-0.25, -0.2) is 9.18 Å². The Kier molecular flexibility index (Phi) is 6.86. The van der Waals surface area contributed by atoms with Crippen LogP contribution in [0.1, 0.15) is 54.0 Å². The Morgan fingerprint density at radius 2 is 1.90 bits per heavy atom. The molecule has 2 aliphatic heterocycles. The standard InChI is InChI=1S/C30H36FN5O3/c1-7-35-21(5)27(20(4)32-35)28(37)33-16-25(24-13-8-9-14-26(24)39-6)30(17-33)18-34(19(2)3)29(38)36(30)23-12-10-11-22(31)15-23/h8-15,19,25H,7,16-18H2,1-6H3/t25-,30-/m1/s1. The maximum absolute atomic E-state index is 14.5. The van der Waals surface area contributed by atoms with Crippen molar-refractivity contribution in [3.63, 3.8) is 0 Å². The van der Waals surface area contributed by atoms with Crippen LogP contribution >= 0.6 is 0 Å². The fraction of sp³-hybridized carbons (Fsp3) is 0.433. The van der Waals surface area contributed by atoms with Gasteiger partial charge >= 0.3 is 6.03 Å². The van der Waals surface area contributed by atoms with Crippen LogP contribution in [0.2, 0.25) is 0 Å². The summed E-state index contributed by atoms with van der Waals surface area (Å²) in [5.41, 5.74) is 2.64. The number of para-hydroxylation sites is 1. The van der Waals surface area contributed by atoms with Crippen molar-refractivity contribution in [2.24, 2.45) is 0 Å². The normalized spacial score (nSPS) is 21.1. The van der Waals surface area contributed by atoms with Crippen molar-refractivity contribution in [1.29, 1.82) is 0 Å². The Bertz CT molecular complexity index is 1420. The van der Waals surface area contributed by atoms with Crippen LogP contribution in [0.15, 0.2) is 48.5 Å². The number of anilines is 1. The topological polar surface area (TPSA) is 70.9 Å². The van der Waals surface area contributed by atoms with E-state index in [1.165, 1.54) is 12.1 Å². The van der Waals surface area contributed by atoms with E-state index in [1.807, 2.05) is 73.4 Å². The summed E-state index contributed by atoms with van der Waals surface area (Å²) in [6.45, 7) is 11.4. The first-order valence-electron chi connectivity index (χ1n) is 13.5. The summed E-state index contributed by atoms with van der Waals surface area (Å²) in [7, 11) is 1.62. The van der Waals surface area contributed by atoms with Gasteiger partial charge in [0, 0.05) is 55.1 Å². The van der Waals surface area contributed by atoms with Gasteiger partial charge in [-0.3, -0.25) is 14.4 Å². The van der Waals surface area contributed by atoms with E-state index in [9.17, 15) is 14.0 Å². The Morgan fingerprint density at radius 1 is 1.15 bits per heavy atom. The van der Waals surface area contributed by atoms with Crippen LogP contribution < -0.4 is 9.64 Å². The molecule has 3 amide bonds. The minimum atomic E-state index is -0.845. The van der Waals surface area contributed by atoms with Crippen LogP contribution in [0.4, 0.5) is 14.9 Å². The molecule has 2 atom stereocenters. The largest absolute Gasteiger partial charge is 0.496 e. The van der Waals surface area contributed by atoms with Gasteiger partial charge in [0.2, 0.25) is 0 Å². The molecule has 2 fully saturated rings. The number of urea groups is 1. The number of carbonyl (C=O) groups excluding carboxylic acids is 2. The van der Waals surface area contributed by atoms with Crippen molar-refractivity contribution in [3.8, 4) is 5.75 Å². The van der Waals surface area contributed by atoms with Crippen molar-refractivity contribution in [2.45, 2.75) is 58.7 Å². The van der Waals surface area contributed by atoms with E-state index in [0.717, 1.165) is 11.3 Å². The van der Waals surface area contributed by atoms with Crippen molar-refractivity contribution >= 4 is 17.6 Å². The molecule has 0 bridgehead atoms. The first kappa shape index (κ1) is 26.7. The molecule has 0 saturated carbocycles. The second kappa shape index (κ2) is 10.0. The van der Waals surface area contributed by atoms with E-state index in [-0.39, 0.29) is 30.4 Å². The number of aromatic nitrogens is 2.